The Kier molecular flexibility index (Phi) is 7.27. The number of ether oxygens (including phenoxy) is 1. The number of carbonyl (C=O) groups is 1. The van der Waals surface area contributed by atoms with Crippen molar-refractivity contribution in [3.63, 3.8) is 0 Å². The van der Waals surface area contributed by atoms with Gasteiger partial charge in [0, 0.05) is 5.69 Å². The standard InChI is InChI=1S/C23H21F3N2O4S/c1-2-32-21-14-7-6-13-20(21)28(33(30,31)19-11-4-3-5-12-19)16-22(29)27-18-10-8-9-17(15-18)23(24,25)26/h3-15H,2,16H2,1H3,(H,27,29). The molecule has 0 spiro atoms. The molecule has 10 heteroatoms. The molecule has 1 N–H and O–H groups in total. The van der Waals surface area contributed by atoms with Crippen LogP contribution in [0.3, 0.4) is 0 Å². The van der Waals surface area contributed by atoms with Crippen molar-refractivity contribution >= 4 is 27.3 Å². The highest BCUT2D eigenvalue weighted by atomic mass is 32.2. The molecule has 0 aliphatic carbocycles. The number of para-hydroxylation sites is 2. The maximum absolute atomic E-state index is 13.4. The van der Waals surface area contributed by atoms with Crippen LogP contribution in [0.1, 0.15) is 12.5 Å². The van der Waals surface area contributed by atoms with Gasteiger partial charge in [-0.1, -0.05) is 36.4 Å². The van der Waals surface area contributed by atoms with Gasteiger partial charge >= 0.3 is 6.18 Å². The van der Waals surface area contributed by atoms with Crippen molar-refractivity contribution in [3.8, 4) is 5.75 Å². The molecule has 0 radical (unpaired) electrons. The number of benzene rings is 3. The highest BCUT2D eigenvalue weighted by molar-refractivity contribution is 7.92. The highest BCUT2D eigenvalue weighted by Crippen LogP contribution is 2.33. The van der Waals surface area contributed by atoms with Crippen molar-refractivity contribution in [1.29, 1.82) is 0 Å². The fourth-order valence-corrected chi connectivity index (χ4v) is 4.52. The molecule has 33 heavy (non-hydrogen) atoms. The third kappa shape index (κ3) is 5.83. The van der Waals surface area contributed by atoms with Crippen LogP contribution in [0, 0.1) is 0 Å². The number of hydrogen-bond donors (Lipinski definition) is 1. The van der Waals surface area contributed by atoms with E-state index in [1.165, 1.54) is 24.3 Å². The molecule has 3 aromatic carbocycles. The molecule has 0 unspecified atom stereocenters. The molecule has 0 aliphatic rings. The molecule has 0 saturated heterocycles. The summed E-state index contributed by atoms with van der Waals surface area (Å²) < 4.78 is 72.2. The highest BCUT2D eigenvalue weighted by Gasteiger charge is 2.31. The number of carbonyl (C=O) groups excluding carboxylic acids is 1. The van der Waals surface area contributed by atoms with Crippen molar-refractivity contribution < 1.29 is 31.1 Å². The van der Waals surface area contributed by atoms with Gasteiger partial charge in [-0.3, -0.25) is 9.10 Å². The van der Waals surface area contributed by atoms with Crippen LogP contribution in [-0.4, -0.2) is 27.5 Å². The summed E-state index contributed by atoms with van der Waals surface area (Å²) in [5.41, 5.74) is -0.914. The summed E-state index contributed by atoms with van der Waals surface area (Å²) in [6, 6.07) is 17.9. The number of rotatable bonds is 8. The van der Waals surface area contributed by atoms with E-state index in [9.17, 15) is 26.4 Å². The van der Waals surface area contributed by atoms with Gasteiger partial charge in [0.2, 0.25) is 5.91 Å². The average molecular weight is 478 g/mol. The van der Waals surface area contributed by atoms with Crippen LogP contribution in [0.5, 0.6) is 5.75 Å². The molecule has 0 aromatic heterocycles. The smallest absolute Gasteiger partial charge is 0.416 e. The molecule has 1 amide bonds. The second-order valence-corrected chi connectivity index (χ2v) is 8.71. The molecular formula is C23H21F3N2O4S. The zero-order valence-electron chi connectivity index (χ0n) is 17.5. The summed E-state index contributed by atoms with van der Waals surface area (Å²) >= 11 is 0. The fourth-order valence-electron chi connectivity index (χ4n) is 3.06. The number of nitrogens with zero attached hydrogens (tertiary/aromatic N) is 1. The molecule has 174 valence electrons. The molecule has 3 rings (SSSR count). The number of alkyl halides is 3. The number of halogens is 3. The summed E-state index contributed by atoms with van der Waals surface area (Å²) in [4.78, 5) is 12.7. The van der Waals surface area contributed by atoms with E-state index < -0.39 is 34.2 Å². The first-order chi connectivity index (χ1) is 15.6. The average Bonchev–Trinajstić information content (AvgIpc) is 2.78. The minimum absolute atomic E-state index is 0.0526. The van der Waals surface area contributed by atoms with Crippen LogP contribution in [0.15, 0.2) is 83.8 Å². The van der Waals surface area contributed by atoms with Gasteiger partial charge in [-0.25, -0.2) is 8.42 Å². The van der Waals surface area contributed by atoms with Gasteiger partial charge in [-0.05, 0) is 49.4 Å². The minimum atomic E-state index is -4.58. The molecule has 0 heterocycles. The normalized spacial score (nSPS) is 11.6. The van der Waals surface area contributed by atoms with Crippen LogP contribution < -0.4 is 14.4 Å². The SMILES string of the molecule is CCOc1ccccc1N(CC(=O)Nc1cccc(C(F)(F)F)c1)S(=O)(=O)c1ccccc1. The summed E-state index contributed by atoms with van der Waals surface area (Å²) in [7, 11) is -4.20. The summed E-state index contributed by atoms with van der Waals surface area (Å²) in [6.07, 6.45) is -4.58. The summed E-state index contributed by atoms with van der Waals surface area (Å²) in [5.74, 6) is -0.577. The van der Waals surface area contributed by atoms with Gasteiger partial charge in [0.25, 0.3) is 10.0 Å². The van der Waals surface area contributed by atoms with E-state index in [2.05, 4.69) is 5.32 Å². The lowest BCUT2D eigenvalue weighted by atomic mass is 10.2. The number of hydrogen-bond acceptors (Lipinski definition) is 4. The zero-order valence-corrected chi connectivity index (χ0v) is 18.4. The molecular weight excluding hydrogens is 457 g/mol. The van der Waals surface area contributed by atoms with Gasteiger partial charge in [0.15, 0.2) is 0 Å². The second-order valence-electron chi connectivity index (χ2n) is 6.85. The van der Waals surface area contributed by atoms with Crippen molar-refractivity contribution in [2.45, 2.75) is 18.0 Å². The van der Waals surface area contributed by atoms with Gasteiger partial charge in [0.05, 0.1) is 22.8 Å². The Morgan fingerprint density at radius 1 is 0.970 bits per heavy atom. The van der Waals surface area contributed by atoms with Crippen LogP contribution in [0.25, 0.3) is 0 Å². The quantitative estimate of drug-likeness (QED) is 0.498. The Morgan fingerprint density at radius 3 is 2.30 bits per heavy atom. The molecule has 6 nitrogen and oxygen atoms in total. The molecule has 3 aromatic rings. The van der Waals surface area contributed by atoms with E-state index in [0.717, 1.165) is 22.5 Å². The monoisotopic (exact) mass is 478 g/mol. The van der Waals surface area contributed by atoms with Crippen molar-refractivity contribution in [1.82, 2.24) is 0 Å². The first kappa shape index (κ1) is 24.1. The van der Waals surface area contributed by atoms with Crippen molar-refractivity contribution in [2.75, 3.05) is 22.8 Å². The van der Waals surface area contributed by atoms with Crippen LogP contribution in [0.2, 0.25) is 0 Å². The Morgan fingerprint density at radius 2 is 1.64 bits per heavy atom. The Hall–Kier alpha value is -3.53. The van der Waals surface area contributed by atoms with E-state index in [1.807, 2.05) is 0 Å². The molecule has 0 bridgehead atoms. The molecule has 0 fully saturated rings. The van der Waals surface area contributed by atoms with E-state index in [1.54, 1.807) is 43.3 Å². The first-order valence-corrected chi connectivity index (χ1v) is 11.3. The Bertz CT molecular complexity index is 1220. The Balaban J connectivity index is 1.97. The van der Waals surface area contributed by atoms with E-state index >= 15 is 0 Å². The Labute approximate surface area is 189 Å². The van der Waals surface area contributed by atoms with E-state index in [-0.39, 0.29) is 28.6 Å². The lowest BCUT2D eigenvalue weighted by Gasteiger charge is -2.26. The third-order valence-corrected chi connectivity index (χ3v) is 6.30. The minimum Gasteiger partial charge on any atom is -0.492 e. The van der Waals surface area contributed by atoms with Crippen molar-refractivity contribution in [3.05, 3.63) is 84.4 Å². The van der Waals surface area contributed by atoms with Crippen LogP contribution >= 0.6 is 0 Å². The number of sulfonamides is 1. The molecule has 0 aliphatic heterocycles. The maximum atomic E-state index is 13.4. The number of anilines is 2. The number of nitrogens with one attached hydrogen (secondary N) is 1. The van der Waals surface area contributed by atoms with E-state index in [4.69, 9.17) is 4.74 Å². The summed E-state index contributed by atoms with van der Waals surface area (Å²) in [5, 5.41) is 2.34. The topological polar surface area (TPSA) is 75.7 Å². The van der Waals surface area contributed by atoms with E-state index in [0.29, 0.717) is 0 Å². The molecule has 0 saturated carbocycles. The zero-order chi connectivity index (χ0) is 24.1. The summed E-state index contributed by atoms with van der Waals surface area (Å²) in [6.45, 7) is 1.30. The number of amides is 1. The van der Waals surface area contributed by atoms with Gasteiger partial charge in [0.1, 0.15) is 12.3 Å². The maximum Gasteiger partial charge on any atom is 0.416 e. The predicted molar refractivity (Wildman–Crippen MR) is 119 cm³/mol. The third-order valence-electron chi connectivity index (χ3n) is 4.53. The van der Waals surface area contributed by atoms with Gasteiger partial charge in [-0.15, -0.1) is 0 Å². The molecule has 0 atom stereocenters. The van der Waals surface area contributed by atoms with Gasteiger partial charge < -0.3 is 10.1 Å². The lowest BCUT2D eigenvalue weighted by Crippen LogP contribution is -2.38. The largest absolute Gasteiger partial charge is 0.492 e. The van der Waals surface area contributed by atoms with Crippen LogP contribution in [-0.2, 0) is 21.0 Å². The van der Waals surface area contributed by atoms with Crippen molar-refractivity contribution in [2.24, 2.45) is 0 Å². The lowest BCUT2D eigenvalue weighted by molar-refractivity contribution is -0.137. The predicted octanol–water partition coefficient (Wildman–Crippen LogP) is 4.94. The fraction of sp³-hybridized carbons (Fsp3) is 0.174. The second kappa shape index (κ2) is 9.95. The first-order valence-electron chi connectivity index (χ1n) is 9.89. The van der Waals surface area contributed by atoms with Gasteiger partial charge in [-0.2, -0.15) is 13.2 Å². The van der Waals surface area contributed by atoms with Crippen LogP contribution in [0.4, 0.5) is 24.5 Å².